The smallest absolute Gasteiger partial charge is 0.416 e. The van der Waals surface area contributed by atoms with Gasteiger partial charge in [0, 0.05) is 11.1 Å². The van der Waals surface area contributed by atoms with Gasteiger partial charge in [0.1, 0.15) is 0 Å². The molecule has 0 spiro atoms. The summed E-state index contributed by atoms with van der Waals surface area (Å²) >= 11 is 0. The lowest BCUT2D eigenvalue weighted by molar-refractivity contribution is -0.137. The molecule has 0 radical (unpaired) electrons. The van der Waals surface area contributed by atoms with Crippen LogP contribution in [0.15, 0.2) is 46.9 Å². The van der Waals surface area contributed by atoms with Gasteiger partial charge < -0.3 is 13.9 Å². The van der Waals surface area contributed by atoms with Crippen LogP contribution in [0.5, 0.6) is 11.5 Å². The maximum Gasteiger partial charge on any atom is 0.416 e. The Kier molecular flexibility index (Phi) is 5.21. The summed E-state index contributed by atoms with van der Waals surface area (Å²) < 4.78 is 53.4. The highest BCUT2D eigenvalue weighted by Gasteiger charge is 2.30. The molecule has 3 aromatic rings. The summed E-state index contributed by atoms with van der Waals surface area (Å²) in [6.45, 7) is 0. The number of carbonyl (C=O) groups excluding carboxylic acids is 1. The SMILES string of the molecule is COc1ccc(C(=O)Nc2nnc(-c3ccc(C(F)(F)F)cc3)o2)cc1OC. The van der Waals surface area contributed by atoms with E-state index in [2.05, 4.69) is 15.5 Å². The van der Waals surface area contributed by atoms with E-state index in [9.17, 15) is 18.0 Å². The van der Waals surface area contributed by atoms with Crippen LogP contribution in [-0.2, 0) is 6.18 Å². The Balaban J connectivity index is 1.75. The van der Waals surface area contributed by atoms with Crippen LogP contribution in [0.3, 0.4) is 0 Å². The van der Waals surface area contributed by atoms with Crippen LogP contribution in [0.1, 0.15) is 15.9 Å². The molecule has 1 heterocycles. The molecule has 0 aliphatic heterocycles. The average molecular weight is 393 g/mol. The van der Waals surface area contributed by atoms with Crippen molar-refractivity contribution in [1.82, 2.24) is 10.2 Å². The maximum atomic E-state index is 12.6. The standard InChI is InChI=1S/C18H14F3N3O4/c1-26-13-8-5-11(9-14(13)27-2)15(25)22-17-24-23-16(28-17)10-3-6-12(7-4-10)18(19,20)21/h3-9H,1-2H3,(H,22,24,25). The van der Waals surface area contributed by atoms with Crippen LogP contribution < -0.4 is 14.8 Å². The number of benzene rings is 2. The number of hydrogen-bond donors (Lipinski definition) is 1. The van der Waals surface area contributed by atoms with Crippen LogP contribution in [0.25, 0.3) is 11.5 Å². The van der Waals surface area contributed by atoms with Crippen molar-refractivity contribution in [2.75, 3.05) is 19.5 Å². The van der Waals surface area contributed by atoms with Crippen molar-refractivity contribution in [2.24, 2.45) is 0 Å². The first-order valence-electron chi connectivity index (χ1n) is 7.86. The number of aromatic nitrogens is 2. The molecule has 0 unspecified atom stereocenters. The summed E-state index contributed by atoms with van der Waals surface area (Å²) in [7, 11) is 2.91. The summed E-state index contributed by atoms with van der Waals surface area (Å²) in [6, 6.07) is 8.57. The maximum absolute atomic E-state index is 12.6. The van der Waals surface area contributed by atoms with Gasteiger partial charge in [-0.1, -0.05) is 5.10 Å². The molecule has 0 bridgehead atoms. The summed E-state index contributed by atoms with van der Waals surface area (Å²) in [4.78, 5) is 12.3. The predicted octanol–water partition coefficient (Wildman–Crippen LogP) is 4.02. The zero-order valence-corrected chi connectivity index (χ0v) is 14.7. The highest BCUT2D eigenvalue weighted by molar-refractivity contribution is 6.03. The number of amides is 1. The van der Waals surface area contributed by atoms with Crippen LogP contribution >= 0.6 is 0 Å². The molecule has 0 fully saturated rings. The van der Waals surface area contributed by atoms with E-state index < -0.39 is 17.6 Å². The molecule has 0 atom stereocenters. The lowest BCUT2D eigenvalue weighted by Crippen LogP contribution is -2.12. The second kappa shape index (κ2) is 7.59. The minimum Gasteiger partial charge on any atom is -0.493 e. The van der Waals surface area contributed by atoms with E-state index in [1.54, 1.807) is 6.07 Å². The Morgan fingerprint density at radius 3 is 2.29 bits per heavy atom. The Morgan fingerprint density at radius 1 is 1.00 bits per heavy atom. The average Bonchev–Trinajstić information content (AvgIpc) is 3.15. The summed E-state index contributed by atoms with van der Waals surface area (Å²) in [5, 5.41) is 9.82. The van der Waals surface area contributed by atoms with E-state index in [4.69, 9.17) is 13.9 Å². The fourth-order valence-corrected chi connectivity index (χ4v) is 2.34. The summed E-state index contributed by atoms with van der Waals surface area (Å²) in [5.41, 5.74) is -0.253. The normalized spacial score (nSPS) is 11.2. The second-order valence-electron chi connectivity index (χ2n) is 5.51. The zero-order valence-electron chi connectivity index (χ0n) is 14.7. The lowest BCUT2D eigenvalue weighted by Gasteiger charge is -2.08. The van der Waals surface area contributed by atoms with Gasteiger partial charge in [0.15, 0.2) is 11.5 Å². The number of carbonyl (C=O) groups is 1. The number of anilines is 1. The number of halogens is 3. The van der Waals surface area contributed by atoms with Crippen molar-refractivity contribution >= 4 is 11.9 Å². The van der Waals surface area contributed by atoms with Crippen LogP contribution in [0.2, 0.25) is 0 Å². The van der Waals surface area contributed by atoms with Gasteiger partial charge in [0.25, 0.3) is 5.91 Å². The van der Waals surface area contributed by atoms with E-state index in [1.165, 1.54) is 38.5 Å². The molecule has 1 amide bonds. The number of nitrogens with one attached hydrogen (secondary N) is 1. The van der Waals surface area contributed by atoms with Gasteiger partial charge in [-0.2, -0.15) is 13.2 Å². The van der Waals surface area contributed by atoms with E-state index >= 15 is 0 Å². The van der Waals surface area contributed by atoms with Crippen LogP contribution in [0, 0.1) is 0 Å². The quantitative estimate of drug-likeness (QED) is 0.705. The fraction of sp³-hybridized carbons (Fsp3) is 0.167. The summed E-state index contributed by atoms with van der Waals surface area (Å²) in [5.74, 6) is 0.257. The minimum absolute atomic E-state index is 0.0312. The molecule has 2 aromatic carbocycles. The van der Waals surface area contributed by atoms with Crippen molar-refractivity contribution in [3.05, 3.63) is 53.6 Å². The largest absolute Gasteiger partial charge is 0.493 e. The van der Waals surface area contributed by atoms with E-state index in [0.29, 0.717) is 11.5 Å². The third-order valence-corrected chi connectivity index (χ3v) is 3.75. The first-order valence-corrected chi connectivity index (χ1v) is 7.86. The summed E-state index contributed by atoms with van der Waals surface area (Å²) in [6.07, 6.45) is -4.44. The van der Waals surface area contributed by atoms with E-state index in [-0.39, 0.29) is 23.0 Å². The van der Waals surface area contributed by atoms with Crippen molar-refractivity contribution in [3.8, 4) is 23.0 Å². The Labute approximate surface area is 157 Å². The molecule has 7 nitrogen and oxygen atoms in total. The number of alkyl halides is 3. The highest BCUT2D eigenvalue weighted by Crippen LogP contribution is 2.31. The number of hydrogen-bond acceptors (Lipinski definition) is 6. The van der Waals surface area contributed by atoms with Gasteiger partial charge in [-0.25, -0.2) is 0 Å². The molecule has 0 aliphatic carbocycles. The molecular formula is C18H14F3N3O4. The van der Waals surface area contributed by atoms with Gasteiger partial charge in [0.05, 0.1) is 19.8 Å². The third kappa shape index (κ3) is 4.05. The third-order valence-electron chi connectivity index (χ3n) is 3.75. The highest BCUT2D eigenvalue weighted by atomic mass is 19.4. The Morgan fingerprint density at radius 2 is 1.68 bits per heavy atom. The number of ether oxygens (including phenoxy) is 2. The van der Waals surface area contributed by atoms with Crippen LogP contribution in [0.4, 0.5) is 19.2 Å². The minimum atomic E-state index is -4.44. The van der Waals surface area contributed by atoms with Gasteiger partial charge >= 0.3 is 12.2 Å². The first-order chi connectivity index (χ1) is 13.3. The van der Waals surface area contributed by atoms with Crippen molar-refractivity contribution < 1.29 is 31.9 Å². The molecule has 0 saturated carbocycles. The van der Waals surface area contributed by atoms with Crippen molar-refractivity contribution in [3.63, 3.8) is 0 Å². The molecule has 3 rings (SSSR count). The van der Waals surface area contributed by atoms with E-state index in [1.807, 2.05) is 0 Å². The number of nitrogens with zero attached hydrogens (tertiary/aromatic N) is 2. The Hall–Kier alpha value is -3.56. The molecule has 10 heteroatoms. The van der Waals surface area contributed by atoms with Gasteiger partial charge in [-0.15, -0.1) is 5.10 Å². The molecule has 0 saturated heterocycles. The topological polar surface area (TPSA) is 86.5 Å². The predicted molar refractivity (Wildman–Crippen MR) is 92.2 cm³/mol. The van der Waals surface area contributed by atoms with Gasteiger partial charge in [-0.3, -0.25) is 10.1 Å². The molecule has 1 N–H and O–H groups in total. The molecule has 146 valence electrons. The van der Waals surface area contributed by atoms with Crippen molar-refractivity contribution in [1.29, 1.82) is 0 Å². The molecule has 28 heavy (non-hydrogen) atoms. The first kappa shape index (κ1) is 19.2. The molecule has 1 aromatic heterocycles. The lowest BCUT2D eigenvalue weighted by atomic mass is 10.1. The zero-order chi connectivity index (χ0) is 20.3. The fourth-order valence-electron chi connectivity index (χ4n) is 2.34. The van der Waals surface area contributed by atoms with Crippen LogP contribution in [-0.4, -0.2) is 30.3 Å². The monoisotopic (exact) mass is 393 g/mol. The van der Waals surface area contributed by atoms with Crippen molar-refractivity contribution in [2.45, 2.75) is 6.18 Å². The van der Waals surface area contributed by atoms with Gasteiger partial charge in [0.2, 0.25) is 5.89 Å². The Bertz CT molecular complexity index is 984. The number of methoxy groups -OCH3 is 2. The van der Waals surface area contributed by atoms with E-state index in [0.717, 1.165) is 12.1 Å². The molecular weight excluding hydrogens is 379 g/mol. The number of rotatable bonds is 5. The second-order valence-corrected chi connectivity index (χ2v) is 5.51. The molecule has 0 aliphatic rings. The van der Waals surface area contributed by atoms with Gasteiger partial charge in [-0.05, 0) is 42.5 Å².